The van der Waals surface area contributed by atoms with E-state index in [-0.39, 0.29) is 11.8 Å². The molecule has 6 nitrogen and oxygen atoms in total. The number of ether oxygens (including phenoxy) is 1. The smallest absolute Gasteiger partial charge is 0.192 e. The maximum absolute atomic E-state index is 10.1. The molecule has 0 radical (unpaired) electrons. The number of hydrogen-bond acceptors (Lipinski definition) is 4. The van der Waals surface area contributed by atoms with Crippen molar-refractivity contribution in [3.63, 3.8) is 0 Å². The molecule has 0 aliphatic rings. The first-order valence-electron chi connectivity index (χ1n) is 8.01. The summed E-state index contributed by atoms with van der Waals surface area (Å²) >= 11 is 0. The number of phenolic OH excluding ortho intramolecular Hbond substituents is 1. The highest BCUT2D eigenvalue weighted by Gasteiger charge is 2.12. The Kier molecular flexibility index (Phi) is 6.12. The summed E-state index contributed by atoms with van der Waals surface area (Å²) in [6.45, 7) is 7.00. The minimum Gasteiger partial charge on any atom is -0.504 e. The van der Waals surface area contributed by atoms with Crippen LogP contribution in [0.1, 0.15) is 37.0 Å². The molecule has 0 saturated heterocycles. The van der Waals surface area contributed by atoms with Gasteiger partial charge in [0.15, 0.2) is 17.5 Å². The normalized spacial score (nSPS) is 12.8. The number of phenols is 1. The van der Waals surface area contributed by atoms with E-state index in [0.717, 1.165) is 18.1 Å². The van der Waals surface area contributed by atoms with Crippen LogP contribution in [0.5, 0.6) is 11.5 Å². The van der Waals surface area contributed by atoms with Gasteiger partial charge in [-0.05, 0) is 39.0 Å². The lowest BCUT2D eigenvalue weighted by Crippen LogP contribution is -2.38. The second kappa shape index (κ2) is 8.29. The Labute approximate surface area is 142 Å². The van der Waals surface area contributed by atoms with Crippen molar-refractivity contribution < 1.29 is 14.3 Å². The van der Waals surface area contributed by atoms with Crippen LogP contribution in [0.2, 0.25) is 0 Å². The van der Waals surface area contributed by atoms with Crippen LogP contribution in [0, 0.1) is 6.92 Å². The first-order chi connectivity index (χ1) is 11.5. The van der Waals surface area contributed by atoms with Gasteiger partial charge in [-0.3, -0.25) is 0 Å². The predicted molar refractivity (Wildman–Crippen MR) is 94.5 cm³/mol. The van der Waals surface area contributed by atoms with E-state index in [1.807, 2.05) is 45.0 Å². The fraction of sp³-hybridized carbons (Fsp3) is 0.389. The van der Waals surface area contributed by atoms with E-state index in [4.69, 9.17) is 9.15 Å². The lowest BCUT2D eigenvalue weighted by molar-refractivity contribution is 0.370. The zero-order valence-electron chi connectivity index (χ0n) is 14.6. The number of nitrogens with zero attached hydrogens (tertiary/aromatic N) is 1. The van der Waals surface area contributed by atoms with Gasteiger partial charge in [-0.25, -0.2) is 4.99 Å². The van der Waals surface area contributed by atoms with E-state index >= 15 is 0 Å². The molecule has 1 heterocycles. The molecular formula is C18H25N3O3. The van der Waals surface area contributed by atoms with Crippen molar-refractivity contribution in [2.24, 2.45) is 4.99 Å². The number of methoxy groups -OCH3 is 1. The number of aliphatic imine (C=N–C) groups is 1. The molecule has 0 saturated carbocycles. The minimum absolute atomic E-state index is 0.0181. The summed E-state index contributed by atoms with van der Waals surface area (Å²) in [7, 11) is 1.53. The van der Waals surface area contributed by atoms with Crippen LogP contribution in [-0.4, -0.2) is 24.7 Å². The Bertz CT molecular complexity index is 695. The van der Waals surface area contributed by atoms with Crippen LogP contribution in [0.15, 0.2) is 39.7 Å². The largest absolute Gasteiger partial charge is 0.504 e. The SMILES string of the molecule is CCNC(=NCc1cccc(OC)c1O)NC(C)c1ccc(C)o1. The molecule has 130 valence electrons. The molecule has 0 bridgehead atoms. The van der Waals surface area contributed by atoms with E-state index in [0.29, 0.717) is 23.8 Å². The van der Waals surface area contributed by atoms with Gasteiger partial charge in [0.1, 0.15) is 11.5 Å². The van der Waals surface area contributed by atoms with E-state index < -0.39 is 0 Å². The first-order valence-corrected chi connectivity index (χ1v) is 8.01. The van der Waals surface area contributed by atoms with Gasteiger partial charge in [0, 0.05) is 12.1 Å². The molecule has 2 rings (SSSR count). The van der Waals surface area contributed by atoms with Gasteiger partial charge < -0.3 is 24.9 Å². The van der Waals surface area contributed by atoms with Gasteiger partial charge in [0.05, 0.1) is 19.7 Å². The van der Waals surface area contributed by atoms with Gasteiger partial charge in [0.2, 0.25) is 0 Å². The van der Waals surface area contributed by atoms with Crippen molar-refractivity contribution in [3.05, 3.63) is 47.4 Å². The summed E-state index contributed by atoms with van der Waals surface area (Å²) in [5.41, 5.74) is 0.702. The Morgan fingerprint density at radius 2 is 2.12 bits per heavy atom. The van der Waals surface area contributed by atoms with Crippen LogP contribution in [-0.2, 0) is 6.54 Å². The molecule has 3 N–H and O–H groups in total. The summed E-state index contributed by atoms with van der Waals surface area (Å²) in [6, 6.07) is 9.24. The maximum Gasteiger partial charge on any atom is 0.192 e. The maximum atomic E-state index is 10.1. The quantitative estimate of drug-likeness (QED) is 0.560. The zero-order valence-corrected chi connectivity index (χ0v) is 14.6. The van der Waals surface area contributed by atoms with E-state index in [1.54, 1.807) is 6.07 Å². The molecule has 0 spiro atoms. The number of rotatable bonds is 6. The third-order valence-corrected chi connectivity index (χ3v) is 3.60. The van der Waals surface area contributed by atoms with Crippen molar-refractivity contribution >= 4 is 5.96 Å². The van der Waals surface area contributed by atoms with Crippen molar-refractivity contribution in [1.82, 2.24) is 10.6 Å². The average molecular weight is 331 g/mol. The van der Waals surface area contributed by atoms with Gasteiger partial charge in [-0.1, -0.05) is 12.1 Å². The molecule has 1 aromatic heterocycles. The molecule has 1 aromatic carbocycles. The number of benzene rings is 1. The van der Waals surface area contributed by atoms with Crippen molar-refractivity contribution in [2.45, 2.75) is 33.4 Å². The number of aromatic hydroxyl groups is 1. The number of aryl methyl sites for hydroxylation is 1. The molecule has 2 aromatic rings. The molecular weight excluding hydrogens is 306 g/mol. The molecule has 1 unspecified atom stereocenters. The topological polar surface area (TPSA) is 79.0 Å². The lowest BCUT2D eigenvalue weighted by Gasteiger charge is -2.16. The Hall–Kier alpha value is -2.63. The molecule has 6 heteroatoms. The molecule has 1 atom stereocenters. The van der Waals surface area contributed by atoms with Crippen molar-refractivity contribution in [1.29, 1.82) is 0 Å². The third-order valence-electron chi connectivity index (χ3n) is 3.60. The monoisotopic (exact) mass is 331 g/mol. The Morgan fingerprint density at radius 1 is 1.33 bits per heavy atom. The molecule has 0 amide bonds. The number of nitrogens with one attached hydrogen (secondary N) is 2. The highest BCUT2D eigenvalue weighted by Crippen LogP contribution is 2.29. The number of hydrogen-bond donors (Lipinski definition) is 3. The molecule has 0 fully saturated rings. The summed E-state index contributed by atoms with van der Waals surface area (Å²) in [4.78, 5) is 4.53. The highest BCUT2D eigenvalue weighted by atomic mass is 16.5. The first kappa shape index (κ1) is 17.7. The van der Waals surface area contributed by atoms with Crippen molar-refractivity contribution in [2.75, 3.05) is 13.7 Å². The number of furan rings is 1. The van der Waals surface area contributed by atoms with E-state index in [2.05, 4.69) is 15.6 Å². The second-order valence-corrected chi connectivity index (χ2v) is 5.48. The summed E-state index contributed by atoms with van der Waals surface area (Å²) in [5.74, 6) is 2.94. The predicted octanol–water partition coefficient (Wildman–Crippen LogP) is 3.12. The third kappa shape index (κ3) is 4.44. The summed E-state index contributed by atoms with van der Waals surface area (Å²) < 4.78 is 10.8. The fourth-order valence-corrected chi connectivity index (χ4v) is 2.31. The fourth-order valence-electron chi connectivity index (χ4n) is 2.31. The Balaban J connectivity index is 2.10. The van der Waals surface area contributed by atoms with E-state index in [1.165, 1.54) is 7.11 Å². The van der Waals surface area contributed by atoms with Crippen LogP contribution in [0.25, 0.3) is 0 Å². The molecule has 0 aliphatic heterocycles. The summed E-state index contributed by atoms with van der Waals surface area (Å²) in [5, 5.41) is 16.6. The molecule has 24 heavy (non-hydrogen) atoms. The van der Waals surface area contributed by atoms with Crippen LogP contribution < -0.4 is 15.4 Å². The van der Waals surface area contributed by atoms with Gasteiger partial charge >= 0.3 is 0 Å². The van der Waals surface area contributed by atoms with Crippen LogP contribution >= 0.6 is 0 Å². The standard InChI is InChI=1S/C18H25N3O3/c1-5-19-18(21-13(3)15-10-9-12(2)24-15)20-11-14-7-6-8-16(23-4)17(14)22/h6-10,13,22H,5,11H2,1-4H3,(H2,19,20,21). The van der Waals surface area contributed by atoms with Gasteiger partial charge in [-0.15, -0.1) is 0 Å². The minimum atomic E-state index is -0.0181. The number of para-hydroxylation sites is 1. The van der Waals surface area contributed by atoms with Crippen LogP contribution in [0.4, 0.5) is 0 Å². The lowest BCUT2D eigenvalue weighted by atomic mass is 10.2. The number of guanidine groups is 1. The second-order valence-electron chi connectivity index (χ2n) is 5.48. The Morgan fingerprint density at radius 3 is 2.75 bits per heavy atom. The molecule has 0 aliphatic carbocycles. The highest BCUT2D eigenvalue weighted by molar-refractivity contribution is 5.80. The van der Waals surface area contributed by atoms with Gasteiger partial charge in [0.25, 0.3) is 0 Å². The van der Waals surface area contributed by atoms with Gasteiger partial charge in [-0.2, -0.15) is 0 Å². The van der Waals surface area contributed by atoms with E-state index in [9.17, 15) is 5.11 Å². The zero-order chi connectivity index (χ0) is 17.5. The van der Waals surface area contributed by atoms with Crippen LogP contribution in [0.3, 0.4) is 0 Å². The van der Waals surface area contributed by atoms with Crippen molar-refractivity contribution in [3.8, 4) is 11.5 Å². The summed E-state index contributed by atoms with van der Waals surface area (Å²) in [6.07, 6.45) is 0. The average Bonchev–Trinajstić information content (AvgIpc) is 3.00.